The molecule has 108 heavy (non-hydrogen) atoms. The summed E-state index contributed by atoms with van der Waals surface area (Å²) >= 11 is 0. The second kappa shape index (κ2) is 23.3. The van der Waals surface area contributed by atoms with E-state index in [1.807, 2.05) is 146 Å². The maximum atomic E-state index is 13.2. The summed E-state index contributed by atoms with van der Waals surface area (Å²) in [5, 5.41) is 61.2. The second-order valence-corrected chi connectivity index (χ2v) is 27.8. The smallest absolute Gasteiger partial charge is 0.335 e. The highest BCUT2D eigenvalue weighted by molar-refractivity contribution is 6.40. The van der Waals surface area contributed by atoms with Crippen molar-refractivity contribution in [2.75, 3.05) is 0 Å². The third-order valence-electron chi connectivity index (χ3n) is 22.3. The van der Waals surface area contributed by atoms with Crippen molar-refractivity contribution < 1.29 is 39.6 Å². The molecule has 2 aliphatic heterocycles. The average Bonchev–Trinajstić information content (AvgIpc) is 1.53. The van der Waals surface area contributed by atoms with Gasteiger partial charge in [-0.3, -0.25) is 0 Å². The number of rotatable bonds is 8. The van der Waals surface area contributed by atoms with Crippen molar-refractivity contribution in [3.05, 3.63) is 313 Å². The summed E-state index contributed by atoms with van der Waals surface area (Å²) in [4.78, 5) is 74.2. The van der Waals surface area contributed by atoms with E-state index < -0.39 is 23.9 Å². The first-order chi connectivity index (χ1) is 52.9. The summed E-state index contributed by atoms with van der Waals surface area (Å²) in [5.74, 6) is -4.40. The van der Waals surface area contributed by atoms with Gasteiger partial charge in [0.2, 0.25) is 0 Å². The fourth-order valence-electron chi connectivity index (χ4n) is 17.7. The van der Waals surface area contributed by atoms with Gasteiger partial charge in [-0.1, -0.05) is 243 Å². The Morgan fingerprint density at radius 1 is 0.194 bits per heavy atom. The highest BCUT2D eigenvalue weighted by atomic mass is 16.4. The minimum absolute atomic E-state index is 0.0761. The summed E-state index contributed by atoms with van der Waals surface area (Å²) in [6.45, 7) is 0. The third kappa shape index (κ3) is 8.85. The van der Waals surface area contributed by atoms with Crippen molar-refractivity contribution in [1.82, 2.24) is 19.9 Å². The number of hydrogen-bond acceptors (Lipinski definition) is 6. The van der Waals surface area contributed by atoms with E-state index in [4.69, 9.17) is 9.97 Å². The predicted octanol–water partition coefficient (Wildman–Crippen LogP) is 24.0. The van der Waals surface area contributed by atoms with E-state index in [1.54, 1.807) is 48.5 Å². The van der Waals surface area contributed by atoms with Gasteiger partial charge in [-0.25, -0.2) is 29.1 Å². The predicted molar refractivity (Wildman–Crippen MR) is 435 cm³/mol. The molecule has 16 aromatic carbocycles. The van der Waals surface area contributed by atoms with Crippen LogP contribution < -0.4 is 0 Å². The maximum absolute atomic E-state index is 13.2. The number of H-pyrrole nitrogens is 2. The molecule has 0 spiro atoms. The fraction of sp³-hybridized carbons (Fsp3) is 0. The minimum Gasteiger partial charge on any atom is -0.478 e. The second-order valence-electron chi connectivity index (χ2n) is 27.8. The molecule has 0 fully saturated rings. The van der Waals surface area contributed by atoms with Crippen molar-refractivity contribution in [2.24, 2.45) is 0 Å². The fourth-order valence-corrected chi connectivity index (χ4v) is 17.7. The molecule has 18 aromatic rings. The average molecular weight is 1390 g/mol. The van der Waals surface area contributed by atoms with Crippen LogP contribution in [0.25, 0.3) is 219 Å². The van der Waals surface area contributed by atoms with Crippen LogP contribution in [0.4, 0.5) is 0 Å². The lowest BCUT2D eigenvalue weighted by atomic mass is 9.85. The van der Waals surface area contributed by atoms with Crippen molar-refractivity contribution in [1.29, 1.82) is 0 Å². The molecule has 12 nitrogen and oxygen atoms in total. The van der Waals surface area contributed by atoms with Crippen molar-refractivity contribution in [3.8, 4) is 89.5 Å². The van der Waals surface area contributed by atoms with E-state index in [-0.39, 0.29) is 22.3 Å². The maximum Gasteiger partial charge on any atom is 0.335 e. The van der Waals surface area contributed by atoms with Gasteiger partial charge in [-0.2, -0.15) is 0 Å². The lowest BCUT2D eigenvalue weighted by Gasteiger charge is -2.15. The zero-order valence-corrected chi connectivity index (χ0v) is 57.0. The quantitative estimate of drug-likeness (QED) is 0.0794. The van der Waals surface area contributed by atoms with Crippen molar-refractivity contribution in [2.45, 2.75) is 0 Å². The van der Waals surface area contributed by atoms with E-state index in [2.05, 4.69) is 107 Å². The van der Waals surface area contributed by atoms with Crippen LogP contribution in [-0.4, -0.2) is 64.2 Å². The first-order valence-corrected chi connectivity index (χ1v) is 35.5. The Kier molecular flexibility index (Phi) is 13.3. The molecule has 0 saturated carbocycles. The molecule has 6 N–H and O–H groups in total. The van der Waals surface area contributed by atoms with Crippen LogP contribution in [0.2, 0.25) is 0 Å². The van der Waals surface area contributed by atoms with E-state index in [0.29, 0.717) is 89.4 Å². The van der Waals surface area contributed by atoms with Crippen LogP contribution in [0, 0.1) is 0 Å². The summed E-state index contributed by atoms with van der Waals surface area (Å²) in [7, 11) is 0. The van der Waals surface area contributed by atoms with Gasteiger partial charge in [0.15, 0.2) is 0 Å². The van der Waals surface area contributed by atoms with E-state index in [9.17, 15) is 39.6 Å². The Bertz CT molecular complexity index is 6640. The molecule has 1 aliphatic carbocycles. The lowest BCUT2D eigenvalue weighted by Crippen LogP contribution is -1.96. The number of aromatic carboxylic acids is 4. The number of carboxylic acids is 4. The standard InChI is InChI=1S/C96H54N4O8/c101-93(102)53-41-33-49(34-42-53)73-85-77-65-25-9-1-17-57(65)58-18-2-10-26-66(58)78(77)86(97-85)74(50-35-43-54(44-36-50)94(103)104)88-81-69-29-13-5-21-61(69)62-22-6-14-30-70(62)82(81)90(99-88)76(52-39-47-56(48-40-52)96(107)108)92-84-72-32-16-8-24-64(72)63-23-7-15-31-71(63)83(84)91(100-92)75(51-37-45-55(46-38-51)95(105)106)89-80-68-28-12-4-20-60(68)59-19-3-11-27-67(59)79(80)87(73)98-89/h1-48,97,100H,(H,101,102)(H,103,104)(H,105,106)(H,107,108). The van der Waals surface area contributed by atoms with Crippen LogP contribution in [0.1, 0.15) is 41.4 Å². The van der Waals surface area contributed by atoms with Gasteiger partial charge < -0.3 is 30.4 Å². The van der Waals surface area contributed by atoms with Crippen LogP contribution in [0.15, 0.2) is 291 Å². The molecule has 0 amide bonds. The molecule has 2 aromatic heterocycles. The van der Waals surface area contributed by atoms with Gasteiger partial charge in [0.05, 0.1) is 67.1 Å². The number of aromatic amines is 2. The zero-order valence-electron chi connectivity index (χ0n) is 57.0. The number of fused-ring (bicyclic) bond motifs is 12. The molecule has 0 radical (unpaired) electrons. The number of hydrogen-bond donors (Lipinski definition) is 6. The number of aromatic nitrogens is 4. The molecular formula is C96H54N4O8. The molecule has 0 unspecified atom stereocenters. The largest absolute Gasteiger partial charge is 0.478 e. The Morgan fingerprint density at radius 3 is 0.528 bits per heavy atom. The van der Waals surface area contributed by atoms with E-state index in [0.717, 1.165) is 130 Å². The Labute approximate surface area is 612 Å². The van der Waals surface area contributed by atoms with Gasteiger partial charge in [0, 0.05) is 66.1 Å². The Balaban J connectivity index is 1.17. The third-order valence-corrected chi connectivity index (χ3v) is 22.3. The van der Waals surface area contributed by atoms with E-state index in [1.165, 1.54) is 0 Å². The molecule has 21 rings (SSSR count). The number of carboxylic acid groups (broad SMARTS) is 4. The monoisotopic (exact) mass is 1390 g/mol. The summed E-state index contributed by atoms with van der Waals surface area (Å²) in [6, 6.07) is 94.9. The number of nitrogens with one attached hydrogen (secondary N) is 2. The Hall–Kier alpha value is -14.9. The summed E-state index contributed by atoms with van der Waals surface area (Å²) in [5.41, 5.74) is 13.2. The summed E-state index contributed by atoms with van der Waals surface area (Å²) < 4.78 is 0. The molecule has 3 aliphatic rings. The van der Waals surface area contributed by atoms with Crippen molar-refractivity contribution in [3.63, 3.8) is 0 Å². The first kappa shape index (κ1) is 61.8. The SMILES string of the molecule is O=C(O)c1ccc(-c2c3nc(c(-c4ccc(C(=O)O)cc4)c4[nH]c(c(-c5ccc(C(=O)O)cc5)c5nc(c(-c6ccc(C(=O)O)cc6)c6[nH]c2c2c7ccccc7c7ccccc7c62)-c2c-5c5ccccc5c5ccccc25)c2c5ccccc5c5ccccc5c42)-c2c-3c3ccccc3c3ccccc23)cc1. The van der Waals surface area contributed by atoms with Crippen molar-refractivity contribution >= 4 is 154 Å². The molecular weight excluding hydrogens is 1340 g/mol. The molecule has 12 heteroatoms. The van der Waals surface area contributed by atoms with Crippen LogP contribution in [-0.2, 0) is 0 Å². The van der Waals surface area contributed by atoms with Gasteiger partial charge in [-0.15, -0.1) is 0 Å². The highest BCUT2D eigenvalue weighted by Gasteiger charge is 2.36. The van der Waals surface area contributed by atoms with Gasteiger partial charge >= 0.3 is 23.9 Å². The lowest BCUT2D eigenvalue weighted by molar-refractivity contribution is 0.0686. The molecule has 0 saturated heterocycles. The number of benzene rings is 16. The van der Waals surface area contributed by atoms with Gasteiger partial charge in [-0.05, 0) is 157 Å². The van der Waals surface area contributed by atoms with Crippen LogP contribution in [0.5, 0.6) is 0 Å². The number of nitrogens with zero attached hydrogens (tertiary/aromatic N) is 2. The first-order valence-electron chi connectivity index (χ1n) is 35.5. The molecule has 4 heterocycles. The molecule has 506 valence electrons. The minimum atomic E-state index is -1.10. The molecule has 8 bridgehead atoms. The zero-order chi connectivity index (χ0) is 72.5. The van der Waals surface area contributed by atoms with Gasteiger partial charge in [0.1, 0.15) is 0 Å². The van der Waals surface area contributed by atoms with E-state index >= 15 is 0 Å². The number of carbonyl (C=O) groups is 4. The van der Waals surface area contributed by atoms with Crippen LogP contribution >= 0.6 is 0 Å². The normalized spacial score (nSPS) is 12.0. The highest BCUT2D eigenvalue weighted by Crippen LogP contribution is 2.59. The molecule has 0 atom stereocenters. The topological polar surface area (TPSA) is 207 Å². The van der Waals surface area contributed by atoms with Gasteiger partial charge in [0.25, 0.3) is 0 Å². The summed E-state index contributed by atoms with van der Waals surface area (Å²) in [6.07, 6.45) is 0. The Morgan fingerprint density at radius 2 is 0.352 bits per heavy atom. The van der Waals surface area contributed by atoms with Crippen LogP contribution in [0.3, 0.4) is 0 Å².